The maximum Gasteiger partial charge on any atom is 0.276 e. The van der Waals surface area contributed by atoms with Crippen molar-refractivity contribution < 1.29 is 9.90 Å². The first-order valence-corrected chi connectivity index (χ1v) is 5.02. The van der Waals surface area contributed by atoms with Crippen LogP contribution in [0.3, 0.4) is 0 Å². The van der Waals surface area contributed by atoms with E-state index in [1.165, 1.54) is 30.3 Å². The fraction of sp³-hybridized carbons (Fsp3) is 0. The van der Waals surface area contributed by atoms with Crippen molar-refractivity contribution in [2.45, 2.75) is 0 Å². The molecule has 1 aromatic carbocycles. The zero-order valence-electron chi connectivity index (χ0n) is 9.18. The molecule has 0 radical (unpaired) electrons. The molecule has 0 aliphatic heterocycles. The summed E-state index contributed by atoms with van der Waals surface area (Å²) in [5.74, 6) is -0.503. The smallest absolute Gasteiger partial charge is 0.276 e. The Hall–Kier alpha value is -2.83. The highest BCUT2D eigenvalue weighted by Crippen LogP contribution is 2.23. The molecule has 7 nitrogen and oxygen atoms in total. The van der Waals surface area contributed by atoms with Gasteiger partial charge in [-0.15, -0.1) is 0 Å². The summed E-state index contributed by atoms with van der Waals surface area (Å²) in [6.07, 6.45) is 0. The summed E-state index contributed by atoms with van der Waals surface area (Å²) in [4.78, 5) is 22.5. The molecule has 0 aliphatic carbocycles. The van der Waals surface area contributed by atoms with E-state index in [4.69, 9.17) is 5.73 Å². The van der Waals surface area contributed by atoms with E-state index in [9.17, 15) is 14.7 Å². The summed E-state index contributed by atoms with van der Waals surface area (Å²) in [6.45, 7) is 0. The van der Waals surface area contributed by atoms with Crippen molar-refractivity contribution in [3.8, 4) is 5.75 Å². The number of carbonyl (C=O) groups is 1. The van der Waals surface area contributed by atoms with Gasteiger partial charge in [-0.25, -0.2) is 5.10 Å². The van der Waals surface area contributed by atoms with Gasteiger partial charge >= 0.3 is 0 Å². The number of hydrogen-bond acceptors (Lipinski definition) is 5. The minimum Gasteiger partial charge on any atom is -0.508 e. The van der Waals surface area contributed by atoms with E-state index in [-0.39, 0.29) is 17.1 Å². The van der Waals surface area contributed by atoms with Crippen LogP contribution in [0, 0.1) is 0 Å². The highest BCUT2D eigenvalue weighted by atomic mass is 16.3. The number of phenols is 1. The summed E-state index contributed by atoms with van der Waals surface area (Å²) in [5, 5.41) is 17.4. The van der Waals surface area contributed by atoms with Gasteiger partial charge in [0.1, 0.15) is 11.4 Å². The number of aromatic nitrogens is 2. The number of nitrogens with one attached hydrogen (secondary N) is 2. The van der Waals surface area contributed by atoms with Gasteiger partial charge in [0.25, 0.3) is 11.5 Å². The molecule has 2 rings (SSSR count). The summed E-state index contributed by atoms with van der Waals surface area (Å²) >= 11 is 0. The van der Waals surface area contributed by atoms with Crippen molar-refractivity contribution in [3.05, 3.63) is 46.4 Å². The van der Waals surface area contributed by atoms with Gasteiger partial charge in [-0.1, -0.05) is 0 Å². The average molecular weight is 246 g/mol. The molecule has 92 valence electrons. The van der Waals surface area contributed by atoms with Crippen molar-refractivity contribution in [1.82, 2.24) is 10.2 Å². The second-order valence-corrected chi connectivity index (χ2v) is 3.53. The maximum absolute atomic E-state index is 11.7. The monoisotopic (exact) mass is 246 g/mol. The molecular formula is C11H10N4O3. The molecule has 2 aromatic rings. The Kier molecular flexibility index (Phi) is 2.96. The topological polar surface area (TPSA) is 121 Å². The molecule has 0 atom stereocenters. The Labute approximate surface area is 101 Å². The molecule has 0 bridgehead atoms. The largest absolute Gasteiger partial charge is 0.508 e. The van der Waals surface area contributed by atoms with Crippen molar-refractivity contribution >= 4 is 17.3 Å². The van der Waals surface area contributed by atoms with Gasteiger partial charge in [0, 0.05) is 12.1 Å². The lowest BCUT2D eigenvalue weighted by atomic mass is 10.2. The number of nitrogens with zero attached hydrogens (tertiary/aromatic N) is 1. The quantitative estimate of drug-likeness (QED) is 0.449. The Balaban J connectivity index is 2.21. The molecule has 1 heterocycles. The summed E-state index contributed by atoms with van der Waals surface area (Å²) in [7, 11) is 0. The lowest BCUT2D eigenvalue weighted by molar-refractivity contribution is 0.102. The lowest BCUT2D eigenvalue weighted by Gasteiger charge is -2.07. The van der Waals surface area contributed by atoms with E-state index in [1.54, 1.807) is 0 Å². The van der Waals surface area contributed by atoms with Crippen LogP contribution in [0.5, 0.6) is 5.75 Å². The van der Waals surface area contributed by atoms with Gasteiger partial charge in [0.2, 0.25) is 0 Å². The molecule has 0 spiro atoms. The molecule has 0 saturated heterocycles. The molecule has 0 fully saturated rings. The highest BCUT2D eigenvalue weighted by Gasteiger charge is 2.09. The van der Waals surface area contributed by atoms with Gasteiger partial charge in [-0.05, 0) is 18.2 Å². The molecule has 1 amide bonds. The summed E-state index contributed by atoms with van der Waals surface area (Å²) in [5.41, 5.74) is 5.87. The molecule has 0 unspecified atom stereocenters. The van der Waals surface area contributed by atoms with Crippen molar-refractivity contribution in [2.75, 3.05) is 11.1 Å². The zero-order chi connectivity index (χ0) is 13.1. The molecule has 0 aliphatic rings. The van der Waals surface area contributed by atoms with Crippen LogP contribution in [0.1, 0.15) is 10.5 Å². The Morgan fingerprint density at radius 1 is 1.33 bits per heavy atom. The normalized spacial score (nSPS) is 10.0. The molecule has 7 heteroatoms. The third-order valence-corrected chi connectivity index (χ3v) is 2.20. The van der Waals surface area contributed by atoms with Gasteiger partial charge < -0.3 is 16.2 Å². The third-order valence-electron chi connectivity index (χ3n) is 2.20. The first-order valence-electron chi connectivity index (χ1n) is 5.02. The van der Waals surface area contributed by atoms with Crippen molar-refractivity contribution in [2.24, 2.45) is 0 Å². The van der Waals surface area contributed by atoms with Gasteiger partial charge in [0.15, 0.2) is 0 Å². The molecule has 18 heavy (non-hydrogen) atoms. The lowest BCUT2D eigenvalue weighted by Crippen LogP contribution is -2.18. The van der Waals surface area contributed by atoms with Crippen molar-refractivity contribution in [1.29, 1.82) is 0 Å². The molecule has 0 saturated carbocycles. The van der Waals surface area contributed by atoms with E-state index < -0.39 is 11.5 Å². The van der Waals surface area contributed by atoms with Crippen molar-refractivity contribution in [3.63, 3.8) is 0 Å². The second kappa shape index (κ2) is 4.58. The van der Waals surface area contributed by atoms with E-state index >= 15 is 0 Å². The molecule has 5 N–H and O–H groups in total. The number of H-pyrrole nitrogens is 1. The zero-order valence-corrected chi connectivity index (χ0v) is 9.18. The van der Waals surface area contributed by atoms with Crippen LogP contribution in [0.4, 0.5) is 11.4 Å². The average Bonchev–Trinajstić information content (AvgIpc) is 2.33. The minimum atomic E-state index is -0.511. The van der Waals surface area contributed by atoms with Crippen LogP contribution in [-0.4, -0.2) is 21.2 Å². The highest BCUT2D eigenvalue weighted by molar-refractivity contribution is 6.04. The number of nitrogens with two attached hydrogens (primary N) is 1. The maximum atomic E-state index is 11.7. The number of nitrogen functional groups attached to an aromatic ring is 1. The van der Waals surface area contributed by atoms with Crippen LogP contribution in [0.2, 0.25) is 0 Å². The Morgan fingerprint density at radius 2 is 2.11 bits per heavy atom. The number of benzene rings is 1. The van der Waals surface area contributed by atoms with Gasteiger partial charge in [0.05, 0.1) is 11.4 Å². The summed E-state index contributed by atoms with van der Waals surface area (Å²) in [6, 6.07) is 6.67. The Morgan fingerprint density at radius 3 is 2.72 bits per heavy atom. The first kappa shape index (κ1) is 11.6. The third kappa shape index (κ3) is 2.46. The Bertz CT molecular complexity index is 630. The number of anilines is 2. The molecular weight excluding hydrogens is 236 g/mol. The number of rotatable bonds is 2. The number of amides is 1. The van der Waals surface area contributed by atoms with E-state index in [0.29, 0.717) is 5.69 Å². The minimum absolute atomic E-state index is 0.00710. The van der Waals surface area contributed by atoms with Crippen LogP contribution < -0.4 is 16.6 Å². The van der Waals surface area contributed by atoms with E-state index in [2.05, 4.69) is 15.5 Å². The number of aromatic amines is 1. The SMILES string of the molecule is Nc1cc(O)ccc1NC(=O)c1ccc(=O)[nH]n1. The van der Waals surface area contributed by atoms with Gasteiger partial charge in [-0.2, -0.15) is 5.10 Å². The number of hydrogen-bond donors (Lipinski definition) is 4. The fourth-order valence-electron chi connectivity index (χ4n) is 1.32. The van der Waals surface area contributed by atoms with E-state index in [0.717, 1.165) is 0 Å². The predicted molar refractivity (Wildman–Crippen MR) is 65.3 cm³/mol. The summed E-state index contributed by atoms with van der Waals surface area (Å²) < 4.78 is 0. The molecule has 1 aromatic heterocycles. The number of carbonyl (C=O) groups excluding carboxylic acids is 1. The fourth-order valence-corrected chi connectivity index (χ4v) is 1.32. The number of phenolic OH excluding ortho intramolecular Hbond substituents is 1. The number of aromatic hydroxyl groups is 1. The van der Waals surface area contributed by atoms with Crippen LogP contribution in [0.15, 0.2) is 35.1 Å². The van der Waals surface area contributed by atoms with Crippen LogP contribution >= 0.6 is 0 Å². The van der Waals surface area contributed by atoms with Gasteiger partial charge in [-0.3, -0.25) is 9.59 Å². The predicted octanol–water partition coefficient (Wildman–Crippen LogP) is 0.310. The standard InChI is InChI=1S/C11H10N4O3/c12-7-5-6(16)1-2-8(7)13-11(18)9-3-4-10(17)15-14-9/h1-5,16H,12H2,(H,13,18)(H,15,17). The van der Waals surface area contributed by atoms with Crippen LogP contribution in [0.25, 0.3) is 0 Å². The second-order valence-electron chi connectivity index (χ2n) is 3.53. The van der Waals surface area contributed by atoms with E-state index in [1.807, 2.05) is 0 Å². The van der Waals surface area contributed by atoms with Crippen LogP contribution in [-0.2, 0) is 0 Å². The first-order chi connectivity index (χ1) is 8.56.